The van der Waals surface area contributed by atoms with Crippen LogP contribution in [0, 0.1) is 5.92 Å². The standard InChI is InChI=1S/C25H24N4/c1-16-5-10-23-22(12-16)21(13-17(2)28-23)19-8-6-18(7-9-19)14-20-15-27-24-4-3-11-26-25(24)29-20/h3-11,15-16,21H,12-14H2,1-2H3. The van der Waals surface area contributed by atoms with Crippen molar-refractivity contribution in [2.24, 2.45) is 10.9 Å². The van der Waals surface area contributed by atoms with Crippen molar-refractivity contribution in [1.29, 1.82) is 0 Å². The van der Waals surface area contributed by atoms with Crippen molar-refractivity contribution >= 4 is 16.9 Å². The Morgan fingerprint density at radius 1 is 1.03 bits per heavy atom. The molecule has 2 aromatic heterocycles. The first kappa shape index (κ1) is 17.9. The SMILES string of the molecule is CC1=NC2=C(CC(C)C=C2)C(c2ccc(Cc3cnc4cccnc4n3)cc2)C1. The van der Waals surface area contributed by atoms with Gasteiger partial charge in [-0.3, -0.25) is 9.98 Å². The van der Waals surface area contributed by atoms with Gasteiger partial charge in [0.2, 0.25) is 0 Å². The summed E-state index contributed by atoms with van der Waals surface area (Å²) in [5.41, 5.74) is 9.00. The van der Waals surface area contributed by atoms with Crippen LogP contribution in [0.3, 0.4) is 0 Å². The van der Waals surface area contributed by atoms with Crippen LogP contribution in [-0.4, -0.2) is 20.7 Å². The van der Waals surface area contributed by atoms with E-state index in [9.17, 15) is 0 Å². The molecule has 4 heteroatoms. The van der Waals surface area contributed by atoms with Crippen molar-refractivity contribution < 1.29 is 0 Å². The van der Waals surface area contributed by atoms with E-state index >= 15 is 0 Å². The van der Waals surface area contributed by atoms with Gasteiger partial charge in [-0.25, -0.2) is 9.97 Å². The summed E-state index contributed by atoms with van der Waals surface area (Å²) in [6.07, 6.45) is 11.0. The number of nitrogens with zero attached hydrogens (tertiary/aromatic N) is 4. The van der Waals surface area contributed by atoms with Gasteiger partial charge in [-0.1, -0.05) is 37.3 Å². The number of hydrogen-bond donors (Lipinski definition) is 0. The van der Waals surface area contributed by atoms with Gasteiger partial charge in [0.1, 0.15) is 5.52 Å². The van der Waals surface area contributed by atoms with Gasteiger partial charge < -0.3 is 0 Å². The largest absolute Gasteiger partial charge is 0.258 e. The zero-order valence-corrected chi connectivity index (χ0v) is 16.8. The van der Waals surface area contributed by atoms with E-state index in [0.717, 1.165) is 30.5 Å². The maximum absolute atomic E-state index is 4.80. The summed E-state index contributed by atoms with van der Waals surface area (Å²) < 4.78 is 0. The number of allylic oxidation sites excluding steroid dienone is 3. The van der Waals surface area contributed by atoms with Crippen molar-refractivity contribution in [2.75, 3.05) is 0 Å². The molecule has 2 atom stereocenters. The summed E-state index contributed by atoms with van der Waals surface area (Å²) in [5, 5.41) is 0. The monoisotopic (exact) mass is 380 g/mol. The summed E-state index contributed by atoms with van der Waals surface area (Å²) in [5.74, 6) is 1.03. The summed E-state index contributed by atoms with van der Waals surface area (Å²) >= 11 is 0. The van der Waals surface area contributed by atoms with E-state index in [4.69, 9.17) is 4.99 Å². The lowest BCUT2D eigenvalue weighted by molar-refractivity contribution is 0.632. The number of aromatic nitrogens is 3. The van der Waals surface area contributed by atoms with Gasteiger partial charge in [-0.2, -0.15) is 0 Å². The molecule has 0 fully saturated rings. The van der Waals surface area contributed by atoms with Crippen LogP contribution in [-0.2, 0) is 6.42 Å². The number of pyridine rings is 1. The summed E-state index contributed by atoms with van der Waals surface area (Å²) in [4.78, 5) is 18.2. The van der Waals surface area contributed by atoms with Crippen LogP contribution in [0.15, 0.2) is 77.2 Å². The molecule has 1 aromatic carbocycles. The molecular weight excluding hydrogens is 356 g/mol. The van der Waals surface area contributed by atoms with Crippen molar-refractivity contribution in [3.63, 3.8) is 0 Å². The Morgan fingerprint density at radius 3 is 2.76 bits per heavy atom. The van der Waals surface area contributed by atoms with E-state index in [-0.39, 0.29) is 0 Å². The molecule has 29 heavy (non-hydrogen) atoms. The second-order valence-corrected chi connectivity index (χ2v) is 8.18. The molecule has 1 aliphatic carbocycles. The molecule has 1 aliphatic heterocycles. The van der Waals surface area contributed by atoms with E-state index in [2.05, 4.69) is 65.2 Å². The Balaban J connectivity index is 1.39. The van der Waals surface area contributed by atoms with Crippen molar-refractivity contribution in [3.05, 3.63) is 89.0 Å². The van der Waals surface area contributed by atoms with Gasteiger partial charge in [0.25, 0.3) is 0 Å². The van der Waals surface area contributed by atoms with Gasteiger partial charge in [0, 0.05) is 30.4 Å². The average Bonchev–Trinajstić information content (AvgIpc) is 2.74. The van der Waals surface area contributed by atoms with E-state index < -0.39 is 0 Å². The average molecular weight is 380 g/mol. The first-order valence-electron chi connectivity index (χ1n) is 10.3. The molecule has 3 aromatic rings. The normalized spacial score (nSPS) is 21.2. The number of rotatable bonds is 3. The molecule has 2 unspecified atom stereocenters. The van der Waals surface area contributed by atoms with Crippen molar-refractivity contribution in [1.82, 2.24) is 15.0 Å². The molecule has 0 saturated carbocycles. The predicted molar refractivity (Wildman–Crippen MR) is 117 cm³/mol. The molecule has 0 amide bonds. The fourth-order valence-electron chi connectivity index (χ4n) is 4.35. The molecular formula is C25H24N4. The van der Waals surface area contributed by atoms with E-state index in [0.29, 0.717) is 17.5 Å². The highest BCUT2D eigenvalue weighted by Crippen LogP contribution is 2.40. The van der Waals surface area contributed by atoms with E-state index in [1.165, 1.54) is 28.1 Å². The Hall–Kier alpha value is -3.14. The topological polar surface area (TPSA) is 51.0 Å². The lowest BCUT2D eigenvalue weighted by Crippen LogP contribution is -2.17. The third-order valence-corrected chi connectivity index (χ3v) is 5.82. The molecule has 0 bridgehead atoms. The fraction of sp³-hybridized carbons (Fsp3) is 0.280. The van der Waals surface area contributed by atoms with Gasteiger partial charge >= 0.3 is 0 Å². The maximum atomic E-state index is 4.80. The van der Waals surface area contributed by atoms with Crippen LogP contribution in [0.2, 0.25) is 0 Å². The van der Waals surface area contributed by atoms with Gasteiger partial charge in [-0.15, -0.1) is 0 Å². The Kier molecular flexibility index (Phi) is 4.55. The van der Waals surface area contributed by atoms with E-state index in [1.807, 2.05) is 18.3 Å². The maximum Gasteiger partial charge on any atom is 0.178 e. The molecule has 0 saturated heterocycles. The lowest BCUT2D eigenvalue weighted by Gasteiger charge is -2.30. The smallest absolute Gasteiger partial charge is 0.178 e. The minimum atomic E-state index is 0.439. The molecule has 3 heterocycles. The molecule has 0 radical (unpaired) electrons. The van der Waals surface area contributed by atoms with Gasteiger partial charge in [0.05, 0.1) is 11.4 Å². The molecule has 0 N–H and O–H groups in total. The number of fused-ring (bicyclic) bond motifs is 1. The Morgan fingerprint density at radius 2 is 1.90 bits per heavy atom. The second kappa shape index (κ2) is 7.36. The summed E-state index contributed by atoms with van der Waals surface area (Å²) in [6, 6.07) is 12.8. The third kappa shape index (κ3) is 3.63. The van der Waals surface area contributed by atoms with Crippen molar-refractivity contribution in [2.45, 2.75) is 39.0 Å². The van der Waals surface area contributed by atoms with Gasteiger partial charge in [0.15, 0.2) is 5.65 Å². The predicted octanol–water partition coefficient (Wildman–Crippen LogP) is 5.41. The Labute approximate surface area is 171 Å². The molecule has 4 nitrogen and oxygen atoms in total. The minimum Gasteiger partial charge on any atom is -0.258 e. The highest BCUT2D eigenvalue weighted by atomic mass is 14.9. The molecule has 144 valence electrons. The van der Waals surface area contributed by atoms with Crippen LogP contribution < -0.4 is 0 Å². The first-order valence-corrected chi connectivity index (χ1v) is 10.3. The molecule has 2 aliphatic rings. The first-order chi connectivity index (χ1) is 14.2. The number of aliphatic imine (C=N–C) groups is 1. The lowest BCUT2D eigenvalue weighted by atomic mass is 9.78. The summed E-state index contributed by atoms with van der Waals surface area (Å²) in [6.45, 7) is 4.43. The zero-order chi connectivity index (χ0) is 19.8. The number of hydrogen-bond acceptors (Lipinski definition) is 4. The van der Waals surface area contributed by atoms with Crippen LogP contribution >= 0.6 is 0 Å². The van der Waals surface area contributed by atoms with Crippen LogP contribution in [0.5, 0.6) is 0 Å². The quantitative estimate of drug-likeness (QED) is 0.610. The summed E-state index contributed by atoms with van der Waals surface area (Å²) in [7, 11) is 0. The van der Waals surface area contributed by atoms with Crippen molar-refractivity contribution in [3.8, 4) is 0 Å². The highest BCUT2D eigenvalue weighted by molar-refractivity contribution is 5.86. The highest BCUT2D eigenvalue weighted by Gasteiger charge is 2.27. The zero-order valence-electron chi connectivity index (χ0n) is 16.8. The third-order valence-electron chi connectivity index (χ3n) is 5.82. The van der Waals surface area contributed by atoms with Crippen LogP contribution in [0.25, 0.3) is 11.2 Å². The Bertz CT molecular complexity index is 1150. The molecule has 0 spiro atoms. The number of benzene rings is 1. The van der Waals surface area contributed by atoms with Gasteiger partial charge in [-0.05, 0) is 60.6 Å². The molecule has 5 rings (SSSR count). The van der Waals surface area contributed by atoms with Crippen LogP contribution in [0.1, 0.15) is 49.4 Å². The minimum absolute atomic E-state index is 0.439. The van der Waals surface area contributed by atoms with E-state index in [1.54, 1.807) is 6.20 Å². The second-order valence-electron chi connectivity index (χ2n) is 8.18. The fourth-order valence-corrected chi connectivity index (χ4v) is 4.35. The van der Waals surface area contributed by atoms with Crippen LogP contribution in [0.4, 0.5) is 0 Å².